The molecule has 7 atom stereocenters. The minimum Gasteiger partial charge on any atom is -0.382 e. The van der Waals surface area contributed by atoms with Crippen LogP contribution in [-0.2, 0) is 9.59 Å². The van der Waals surface area contributed by atoms with Crippen LogP contribution in [0.4, 0.5) is 0 Å². The smallest absolute Gasteiger partial charge is 0.164 e. The molecule has 0 amide bonds. The second-order valence-electron chi connectivity index (χ2n) is 9.65. The number of carbonyl (C=O) groups is 2. The molecule has 0 aliphatic heterocycles. The highest BCUT2D eigenvalue weighted by atomic mass is 16.3. The minimum absolute atomic E-state index is 0.0358. The average molecular weight is 330 g/mol. The lowest BCUT2D eigenvalue weighted by Gasteiger charge is -2.59. The minimum atomic E-state index is -1.18. The van der Waals surface area contributed by atoms with Crippen LogP contribution in [-0.4, -0.2) is 22.3 Å². The Bertz CT molecular complexity index is 645. The van der Waals surface area contributed by atoms with E-state index in [1.807, 2.05) is 6.08 Å². The summed E-state index contributed by atoms with van der Waals surface area (Å²) in [6, 6.07) is 0. The highest BCUT2D eigenvalue weighted by Crippen LogP contribution is 2.67. The van der Waals surface area contributed by atoms with Gasteiger partial charge in [-0.15, -0.1) is 0 Å². The molecule has 0 heterocycles. The lowest BCUT2D eigenvalue weighted by atomic mass is 9.45. The van der Waals surface area contributed by atoms with Crippen molar-refractivity contribution in [3.63, 3.8) is 0 Å². The molecule has 0 aromatic carbocycles. The molecule has 3 nitrogen and oxygen atoms in total. The van der Waals surface area contributed by atoms with Crippen LogP contribution in [0.15, 0.2) is 11.6 Å². The first-order valence-corrected chi connectivity index (χ1v) is 9.62. The van der Waals surface area contributed by atoms with Gasteiger partial charge in [-0.2, -0.15) is 0 Å². The molecule has 3 fully saturated rings. The first kappa shape index (κ1) is 16.5. The molecule has 3 saturated carbocycles. The zero-order valence-corrected chi connectivity index (χ0v) is 15.4. The molecule has 0 bridgehead atoms. The Morgan fingerprint density at radius 2 is 1.83 bits per heavy atom. The summed E-state index contributed by atoms with van der Waals surface area (Å²) in [7, 11) is 0. The molecule has 4 rings (SSSR count). The van der Waals surface area contributed by atoms with Gasteiger partial charge in [0, 0.05) is 18.3 Å². The van der Waals surface area contributed by atoms with Gasteiger partial charge >= 0.3 is 0 Å². The first-order valence-electron chi connectivity index (χ1n) is 9.62. The van der Waals surface area contributed by atoms with E-state index in [0.29, 0.717) is 30.6 Å². The molecule has 132 valence electrons. The van der Waals surface area contributed by atoms with Crippen molar-refractivity contribution in [2.24, 2.45) is 34.5 Å². The van der Waals surface area contributed by atoms with Gasteiger partial charge in [-0.05, 0) is 67.8 Å². The molecule has 0 aromatic rings. The first-order chi connectivity index (χ1) is 11.1. The average Bonchev–Trinajstić information content (AvgIpc) is 2.69. The van der Waals surface area contributed by atoms with E-state index in [-0.39, 0.29) is 28.3 Å². The number of hydrogen-bond acceptors (Lipinski definition) is 3. The van der Waals surface area contributed by atoms with Gasteiger partial charge in [0.25, 0.3) is 0 Å². The molecule has 24 heavy (non-hydrogen) atoms. The molecular weight excluding hydrogens is 300 g/mol. The van der Waals surface area contributed by atoms with Crippen LogP contribution in [0.1, 0.15) is 66.2 Å². The van der Waals surface area contributed by atoms with Gasteiger partial charge < -0.3 is 5.11 Å². The molecule has 0 unspecified atom stereocenters. The topological polar surface area (TPSA) is 54.4 Å². The fourth-order valence-electron chi connectivity index (χ4n) is 7.00. The van der Waals surface area contributed by atoms with E-state index >= 15 is 0 Å². The van der Waals surface area contributed by atoms with Crippen LogP contribution in [0, 0.1) is 34.5 Å². The van der Waals surface area contributed by atoms with E-state index < -0.39 is 5.60 Å². The van der Waals surface area contributed by atoms with E-state index in [1.165, 1.54) is 5.57 Å². The summed E-state index contributed by atoms with van der Waals surface area (Å²) in [5.74, 6) is 2.06. The number of hydrogen-bond donors (Lipinski definition) is 1. The highest BCUT2D eigenvalue weighted by molar-refractivity contribution is 5.92. The van der Waals surface area contributed by atoms with Gasteiger partial charge in [0.1, 0.15) is 5.60 Å². The number of fused-ring (bicyclic) bond motifs is 5. The lowest BCUT2D eigenvalue weighted by molar-refractivity contribution is -0.149. The van der Waals surface area contributed by atoms with Crippen molar-refractivity contribution in [1.29, 1.82) is 0 Å². The maximum Gasteiger partial charge on any atom is 0.164 e. The molecular formula is C21H30O3. The second-order valence-corrected chi connectivity index (χ2v) is 9.65. The van der Waals surface area contributed by atoms with E-state index in [9.17, 15) is 14.7 Å². The fourth-order valence-corrected chi connectivity index (χ4v) is 7.00. The van der Waals surface area contributed by atoms with Crippen LogP contribution < -0.4 is 0 Å². The van der Waals surface area contributed by atoms with Crippen LogP contribution in [0.5, 0.6) is 0 Å². The molecule has 4 aliphatic carbocycles. The maximum atomic E-state index is 12.5. The zero-order valence-electron chi connectivity index (χ0n) is 15.4. The molecule has 3 heteroatoms. The van der Waals surface area contributed by atoms with Crippen molar-refractivity contribution in [3.8, 4) is 0 Å². The second kappa shape index (κ2) is 4.81. The zero-order chi connectivity index (χ0) is 17.5. The van der Waals surface area contributed by atoms with Crippen LogP contribution >= 0.6 is 0 Å². The van der Waals surface area contributed by atoms with Gasteiger partial charge in [0.15, 0.2) is 11.6 Å². The molecule has 4 aliphatic rings. The summed E-state index contributed by atoms with van der Waals surface area (Å²) in [6.07, 6.45) is 7.13. The van der Waals surface area contributed by atoms with E-state index in [0.717, 1.165) is 25.7 Å². The van der Waals surface area contributed by atoms with Gasteiger partial charge in [0.2, 0.25) is 0 Å². The van der Waals surface area contributed by atoms with E-state index in [4.69, 9.17) is 0 Å². The quantitative estimate of drug-likeness (QED) is 0.737. The van der Waals surface area contributed by atoms with Crippen LogP contribution in [0.3, 0.4) is 0 Å². The number of allylic oxidation sites excluding steroid dienone is 1. The third-order valence-corrected chi connectivity index (χ3v) is 8.73. The van der Waals surface area contributed by atoms with Gasteiger partial charge in [-0.3, -0.25) is 9.59 Å². The molecule has 0 aromatic heterocycles. The van der Waals surface area contributed by atoms with Crippen molar-refractivity contribution < 1.29 is 14.7 Å². The third kappa shape index (κ3) is 1.83. The number of rotatable bonds is 0. The van der Waals surface area contributed by atoms with Crippen molar-refractivity contribution in [2.45, 2.75) is 71.8 Å². The summed E-state index contributed by atoms with van der Waals surface area (Å²) >= 11 is 0. The van der Waals surface area contributed by atoms with Crippen molar-refractivity contribution in [3.05, 3.63) is 11.6 Å². The predicted molar refractivity (Wildman–Crippen MR) is 92.3 cm³/mol. The summed E-state index contributed by atoms with van der Waals surface area (Å²) in [4.78, 5) is 24.5. The summed E-state index contributed by atoms with van der Waals surface area (Å²) in [6.45, 7) is 8.49. The Morgan fingerprint density at radius 3 is 2.54 bits per heavy atom. The van der Waals surface area contributed by atoms with Crippen molar-refractivity contribution >= 4 is 11.6 Å². The van der Waals surface area contributed by atoms with Crippen molar-refractivity contribution in [2.75, 3.05) is 0 Å². The maximum absolute atomic E-state index is 12.5. The largest absolute Gasteiger partial charge is 0.382 e. The number of carbonyl (C=O) groups excluding carboxylic acids is 2. The van der Waals surface area contributed by atoms with Crippen molar-refractivity contribution in [1.82, 2.24) is 0 Å². The summed E-state index contributed by atoms with van der Waals surface area (Å²) in [5.41, 5.74) is 0.00718. The Balaban J connectivity index is 1.76. The Hall–Kier alpha value is -0.960. The van der Waals surface area contributed by atoms with Gasteiger partial charge in [-0.1, -0.05) is 26.3 Å². The fraction of sp³-hybridized carbons (Fsp3) is 0.810. The summed E-state index contributed by atoms with van der Waals surface area (Å²) in [5, 5.41) is 10.9. The number of ketones is 2. The molecule has 1 N–H and O–H groups in total. The number of aliphatic hydroxyl groups is 1. The SMILES string of the molecule is C[C@H]1C[C@@H]2[C@H](CC[C@@]3(C)[C@H]2CC(=O)[C@]3(C)O)[C@@]2(C)CCC(=O)C=C12. The standard InChI is InChI=1S/C21H30O3/c1-12-9-14-15(19(2)7-5-13(22)10-16(12)19)6-8-20(3)17(14)11-18(23)21(20,4)24/h10,12,14-15,17,24H,5-9,11H2,1-4H3/t12-,14+,15-,17-,19+,20-,21-/m0/s1. The Labute approximate surface area is 144 Å². The van der Waals surface area contributed by atoms with E-state index in [1.54, 1.807) is 6.92 Å². The summed E-state index contributed by atoms with van der Waals surface area (Å²) < 4.78 is 0. The lowest BCUT2D eigenvalue weighted by Crippen LogP contribution is -2.55. The predicted octanol–water partition coefficient (Wildman–Crippen LogP) is 3.69. The van der Waals surface area contributed by atoms with Gasteiger partial charge in [0.05, 0.1) is 0 Å². The normalized spacial score (nSPS) is 54.0. The monoisotopic (exact) mass is 330 g/mol. The third-order valence-electron chi connectivity index (χ3n) is 8.73. The number of Topliss-reactive ketones (excluding diaryl/α,β-unsaturated/α-hetero) is 1. The molecule has 0 spiro atoms. The van der Waals surface area contributed by atoms with Crippen LogP contribution in [0.25, 0.3) is 0 Å². The molecule has 0 radical (unpaired) electrons. The van der Waals surface area contributed by atoms with E-state index in [2.05, 4.69) is 20.8 Å². The van der Waals surface area contributed by atoms with Crippen LogP contribution in [0.2, 0.25) is 0 Å². The van der Waals surface area contributed by atoms with Gasteiger partial charge in [-0.25, -0.2) is 0 Å². The Morgan fingerprint density at radius 1 is 1.12 bits per heavy atom. The molecule has 0 saturated heterocycles. The highest BCUT2D eigenvalue weighted by Gasteiger charge is 2.66. The Kier molecular flexibility index (Phi) is 3.31.